The van der Waals surface area contributed by atoms with E-state index in [0.29, 0.717) is 18.7 Å². The number of hydrogen-bond donors (Lipinski definition) is 3. The molecule has 6 nitrogen and oxygen atoms in total. The van der Waals surface area contributed by atoms with Crippen LogP contribution in [0.4, 0.5) is 0 Å². The lowest BCUT2D eigenvalue weighted by Crippen LogP contribution is -2.42. The van der Waals surface area contributed by atoms with Crippen LogP contribution >= 0.6 is 35.3 Å². The molecule has 0 fully saturated rings. The minimum atomic E-state index is -0.0696. The second-order valence-electron chi connectivity index (χ2n) is 5.55. The summed E-state index contributed by atoms with van der Waals surface area (Å²) in [7, 11) is 1.73. The van der Waals surface area contributed by atoms with Crippen molar-refractivity contribution in [3.8, 4) is 0 Å². The minimum absolute atomic E-state index is 0. The van der Waals surface area contributed by atoms with E-state index < -0.39 is 0 Å². The highest BCUT2D eigenvalue weighted by Gasteiger charge is 2.05. The van der Waals surface area contributed by atoms with Gasteiger partial charge >= 0.3 is 0 Å². The number of aromatic nitrogens is 1. The quantitative estimate of drug-likeness (QED) is 0.243. The molecule has 1 amide bonds. The molecule has 0 unspecified atom stereocenters. The van der Waals surface area contributed by atoms with Gasteiger partial charge in [0.1, 0.15) is 0 Å². The first-order chi connectivity index (χ1) is 12.1. The molecule has 0 bridgehead atoms. The van der Waals surface area contributed by atoms with Gasteiger partial charge in [-0.15, -0.1) is 35.3 Å². The van der Waals surface area contributed by atoms with Crippen molar-refractivity contribution in [2.24, 2.45) is 4.99 Å². The van der Waals surface area contributed by atoms with Crippen molar-refractivity contribution in [3.05, 3.63) is 51.5 Å². The molecule has 0 aliphatic carbocycles. The molecule has 142 valence electrons. The van der Waals surface area contributed by atoms with Crippen LogP contribution in [0.2, 0.25) is 0 Å². The maximum Gasteiger partial charge on any atom is 0.251 e. The van der Waals surface area contributed by atoms with Gasteiger partial charge in [0.25, 0.3) is 5.91 Å². The van der Waals surface area contributed by atoms with E-state index in [0.717, 1.165) is 29.6 Å². The highest BCUT2D eigenvalue weighted by molar-refractivity contribution is 14.0. The maximum absolute atomic E-state index is 11.9. The number of halogens is 1. The number of thiazole rings is 1. The predicted octanol–water partition coefficient (Wildman–Crippen LogP) is 2.52. The highest BCUT2D eigenvalue weighted by atomic mass is 127. The van der Waals surface area contributed by atoms with Crippen LogP contribution in [-0.4, -0.2) is 43.5 Å². The number of rotatable bonds is 7. The van der Waals surface area contributed by atoms with Crippen LogP contribution in [0.5, 0.6) is 0 Å². The molecule has 0 aliphatic heterocycles. The average molecular weight is 487 g/mol. The minimum Gasteiger partial charge on any atom is -0.356 e. The van der Waals surface area contributed by atoms with Crippen molar-refractivity contribution in [1.29, 1.82) is 0 Å². The Morgan fingerprint density at radius 3 is 2.35 bits per heavy atom. The number of nitrogens with one attached hydrogen (secondary N) is 3. The van der Waals surface area contributed by atoms with Gasteiger partial charge in [-0.3, -0.25) is 9.79 Å². The first kappa shape index (κ1) is 22.4. The molecule has 26 heavy (non-hydrogen) atoms. The summed E-state index contributed by atoms with van der Waals surface area (Å²) in [6, 6.07) is 9.19. The third-order valence-electron chi connectivity index (χ3n) is 3.67. The number of aliphatic imine (C=N–C) groups is 1. The van der Waals surface area contributed by atoms with Crippen molar-refractivity contribution in [2.45, 2.75) is 20.3 Å². The number of aryl methyl sites for hydroxylation is 2. The largest absolute Gasteiger partial charge is 0.356 e. The molecule has 0 radical (unpaired) electrons. The van der Waals surface area contributed by atoms with Crippen LogP contribution < -0.4 is 16.0 Å². The number of guanidine groups is 1. The number of nitrogens with zero attached hydrogens (tertiary/aromatic N) is 2. The van der Waals surface area contributed by atoms with E-state index in [1.54, 1.807) is 30.5 Å². The number of amides is 1. The molecular weight excluding hydrogens is 461 g/mol. The smallest absolute Gasteiger partial charge is 0.251 e. The summed E-state index contributed by atoms with van der Waals surface area (Å²) in [6.07, 6.45) is 0.866. The number of carbonyl (C=O) groups is 1. The molecule has 3 N–H and O–H groups in total. The predicted molar refractivity (Wildman–Crippen MR) is 119 cm³/mol. The van der Waals surface area contributed by atoms with Crippen LogP contribution in [-0.2, 0) is 6.42 Å². The molecule has 2 aromatic rings. The number of hydrogen-bond acceptors (Lipinski definition) is 4. The molecule has 0 aliphatic rings. The van der Waals surface area contributed by atoms with Crippen molar-refractivity contribution in [1.82, 2.24) is 20.9 Å². The third kappa shape index (κ3) is 7.28. The SMILES string of the molecule is CN=C(NCCNC(=O)c1ccccc1)NCCc1nc(C)c(C)s1.I. The summed E-state index contributed by atoms with van der Waals surface area (Å²) >= 11 is 1.74. The molecular formula is C18H26IN5OS. The lowest BCUT2D eigenvalue weighted by Gasteiger charge is -2.12. The molecule has 2 rings (SSSR count). The monoisotopic (exact) mass is 487 g/mol. The van der Waals surface area contributed by atoms with Gasteiger partial charge in [0.15, 0.2) is 5.96 Å². The van der Waals surface area contributed by atoms with E-state index in [1.165, 1.54) is 4.88 Å². The second kappa shape index (κ2) is 11.8. The molecule has 1 aromatic heterocycles. The zero-order chi connectivity index (χ0) is 18.1. The fourth-order valence-corrected chi connectivity index (χ4v) is 3.14. The normalized spacial score (nSPS) is 10.8. The van der Waals surface area contributed by atoms with Crippen LogP contribution in [0.1, 0.15) is 25.9 Å². The number of benzene rings is 1. The van der Waals surface area contributed by atoms with Crippen LogP contribution in [0.3, 0.4) is 0 Å². The van der Waals surface area contributed by atoms with E-state index >= 15 is 0 Å². The van der Waals surface area contributed by atoms with Gasteiger partial charge in [-0.05, 0) is 26.0 Å². The van der Waals surface area contributed by atoms with E-state index in [1.807, 2.05) is 25.1 Å². The van der Waals surface area contributed by atoms with Gasteiger partial charge in [-0.25, -0.2) is 4.98 Å². The van der Waals surface area contributed by atoms with Crippen LogP contribution in [0.15, 0.2) is 35.3 Å². The summed E-state index contributed by atoms with van der Waals surface area (Å²) in [5.41, 5.74) is 1.77. The van der Waals surface area contributed by atoms with Crippen LogP contribution in [0, 0.1) is 13.8 Å². The summed E-state index contributed by atoms with van der Waals surface area (Å²) < 4.78 is 0. The zero-order valence-electron chi connectivity index (χ0n) is 15.3. The van der Waals surface area contributed by atoms with Gasteiger partial charge < -0.3 is 16.0 Å². The third-order valence-corrected chi connectivity index (χ3v) is 4.80. The first-order valence-corrected chi connectivity index (χ1v) is 9.12. The Morgan fingerprint density at radius 2 is 1.73 bits per heavy atom. The maximum atomic E-state index is 11.9. The Morgan fingerprint density at radius 1 is 1.08 bits per heavy atom. The van der Waals surface area contributed by atoms with Crippen LogP contribution in [0.25, 0.3) is 0 Å². The van der Waals surface area contributed by atoms with E-state index in [2.05, 4.69) is 32.9 Å². The lowest BCUT2D eigenvalue weighted by atomic mass is 10.2. The van der Waals surface area contributed by atoms with Crippen molar-refractivity contribution >= 4 is 47.2 Å². The summed E-state index contributed by atoms with van der Waals surface area (Å²) in [5, 5.41) is 10.5. The Balaban J connectivity index is 0.00000338. The Labute approximate surface area is 175 Å². The summed E-state index contributed by atoms with van der Waals surface area (Å²) in [5.74, 6) is 0.652. The van der Waals surface area contributed by atoms with E-state index in [9.17, 15) is 4.79 Å². The zero-order valence-corrected chi connectivity index (χ0v) is 18.5. The Kier molecular flexibility index (Phi) is 10.2. The van der Waals surface area contributed by atoms with Crippen molar-refractivity contribution in [3.63, 3.8) is 0 Å². The Bertz CT molecular complexity index is 698. The number of carbonyl (C=O) groups excluding carboxylic acids is 1. The van der Waals surface area contributed by atoms with E-state index in [-0.39, 0.29) is 29.9 Å². The standard InChI is InChI=1S/C18H25N5OS.HI/c1-13-14(2)25-16(23-13)9-10-21-18(19-3)22-12-11-20-17(24)15-7-5-4-6-8-15;/h4-8H,9-12H2,1-3H3,(H,20,24)(H2,19,21,22);1H. The summed E-state index contributed by atoms with van der Waals surface area (Å²) in [4.78, 5) is 21.9. The Hall–Kier alpha value is -1.68. The molecule has 1 heterocycles. The first-order valence-electron chi connectivity index (χ1n) is 8.31. The molecule has 0 atom stereocenters. The van der Waals surface area contributed by atoms with Gasteiger partial charge in [-0.2, -0.15) is 0 Å². The highest BCUT2D eigenvalue weighted by Crippen LogP contribution is 2.16. The topological polar surface area (TPSA) is 78.4 Å². The second-order valence-corrected chi connectivity index (χ2v) is 6.83. The van der Waals surface area contributed by atoms with Crippen molar-refractivity contribution < 1.29 is 4.79 Å². The van der Waals surface area contributed by atoms with Crippen molar-refractivity contribution in [2.75, 3.05) is 26.7 Å². The van der Waals surface area contributed by atoms with Gasteiger partial charge in [0.2, 0.25) is 0 Å². The van der Waals surface area contributed by atoms with Gasteiger partial charge in [0, 0.05) is 43.5 Å². The lowest BCUT2D eigenvalue weighted by molar-refractivity contribution is 0.0954. The molecule has 8 heteroatoms. The summed E-state index contributed by atoms with van der Waals surface area (Å²) in [6.45, 7) is 6.02. The fourth-order valence-electron chi connectivity index (χ4n) is 2.20. The molecule has 0 saturated carbocycles. The fraction of sp³-hybridized carbons (Fsp3) is 0.389. The van der Waals surface area contributed by atoms with Gasteiger partial charge in [0.05, 0.1) is 10.7 Å². The molecule has 0 spiro atoms. The van der Waals surface area contributed by atoms with E-state index in [4.69, 9.17) is 0 Å². The molecule has 0 saturated heterocycles. The van der Waals surface area contributed by atoms with Gasteiger partial charge in [-0.1, -0.05) is 18.2 Å². The molecule has 1 aromatic carbocycles. The average Bonchev–Trinajstić information content (AvgIpc) is 2.95.